The first kappa shape index (κ1) is 16.6. The van der Waals surface area contributed by atoms with E-state index in [0.717, 1.165) is 45.8 Å². The zero-order valence-electron chi connectivity index (χ0n) is 14.4. The number of halogens is 2. The number of hydrazone groups is 1. The second kappa shape index (κ2) is 6.28. The molecule has 1 unspecified atom stereocenters. The van der Waals surface area contributed by atoms with E-state index in [-0.39, 0.29) is 11.8 Å². The number of nitrogens with zero attached hydrogens (tertiary/aromatic N) is 2. The van der Waals surface area contributed by atoms with E-state index < -0.39 is 0 Å². The van der Waals surface area contributed by atoms with Gasteiger partial charge in [0.15, 0.2) is 5.72 Å². The number of fused-ring (bicyclic) bond motifs is 4. The van der Waals surface area contributed by atoms with Crippen LogP contribution >= 0.6 is 27.5 Å². The lowest BCUT2D eigenvalue weighted by molar-refractivity contribution is -0.140. The molecule has 1 saturated carbocycles. The first-order chi connectivity index (χ1) is 12.6. The van der Waals surface area contributed by atoms with Crippen molar-refractivity contribution in [1.82, 2.24) is 5.01 Å². The monoisotopic (exact) mass is 430 g/mol. The SMILES string of the molecule is Clc1ccc(C2=NN3C(C2)c2cc(Br)ccc2OC32CCCCC2)cc1. The van der Waals surface area contributed by atoms with Crippen molar-refractivity contribution in [3.05, 3.63) is 63.1 Å². The molecule has 2 aliphatic heterocycles. The van der Waals surface area contributed by atoms with Crippen molar-refractivity contribution in [3.63, 3.8) is 0 Å². The summed E-state index contributed by atoms with van der Waals surface area (Å²) in [5, 5.41) is 8.11. The molecule has 0 saturated heterocycles. The quantitative estimate of drug-likeness (QED) is 0.529. The van der Waals surface area contributed by atoms with Gasteiger partial charge >= 0.3 is 0 Å². The Morgan fingerprint density at radius 3 is 2.62 bits per heavy atom. The van der Waals surface area contributed by atoms with Gasteiger partial charge in [-0.15, -0.1) is 0 Å². The van der Waals surface area contributed by atoms with Gasteiger partial charge in [-0.2, -0.15) is 5.10 Å². The first-order valence-electron chi connectivity index (χ1n) is 9.26. The van der Waals surface area contributed by atoms with Crippen LogP contribution in [-0.2, 0) is 0 Å². The van der Waals surface area contributed by atoms with Crippen LogP contribution < -0.4 is 4.74 Å². The maximum Gasteiger partial charge on any atom is 0.198 e. The van der Waals surface area contributed by atoms with Gasteiger partial charge in [0.2, 0.25) is 0 Å². The van der Waals surface area contributed by atoms with Crippen LogP contribution in [0.5, 0.6) is 5.75 Å². The van der Waals surface area contributed by atoms with Crippen LogP contribution in [-0.4, -0.2) is 16.4 Å². The predicted octanol–water partition coefficient (Wildman–Crippen LogP) is 6.31. The second-order valence-electron chi connectivity index (χ2n) is 7.41. The summed E-state index contributed by atoms with van der Waals surface area (Å²) in [6.45, 7) is 0. The molecule has 0 amide bonds. The van der Waals surface area contributed by atoms with E-state index in [1.54, 1.807) is 0 Å². The molecule has 0 N–H and O–H groups in total. The summed E-state index contributed by atoms with van der Waals surface area (Å²) in [6, 6.07) is 14.6. The number of hydrogen-bond donors (Lipinski definition) is 0. The Labute approximate surface area is 167 Å². The Morgan fingerprint density at radius 1 is 1.08 bits per heavy atom. The van der Waals surface area contributed by atoms with Gasteiger partial charge in [-0.1, -0.05) is 46.1 Å². The lowest BCUT2D eigenvalue weighted by Crippen LogP contribution is -2.54. The Bertz CT molecular complexity index is 874. The van der Waals surface area contributed by atoms with Gasteiger partial charge < -0.3 is 4.74 Å². The molecule has 2 aromatic carbocycles. The van der Waals surface area contributed by atoms with Crippen molar-refractivity contribution in [1.29, 1.82) is 0 Å². The molecule has 2 aromatic rings. The fourth-order valence-corrected chi connectivity index (χ4v) is 5.01. The number of rotatable bonds is 1. The first-order valence-corrected chi connectivity index (χ1v) is 10.4. The third kappa shape index (κ3) is 2.66. The van der Waals surface area contributed by atoms with Crippen LogP contribution in [0.15, 0.2) is 52.0 Å². The van der Waals surface area contributed by atoms with Gasteiger partial charge in [-0.3, -0.25) is 0 Å². The van der Waals surface area contributed by atoms with Crippen LogP contribution in [0, 0.1) is 0 Å². The van der Waals surface area contributed by atoms with E-state index in [2.05, 4.69) is 51.3 Å². The van der Waals surface area contributed by atoms with Crippen molar-refractivity contribution in [2.45, 2.75) is 50.3 Å². The zero-order chi connectivity index (χ0) is 17.7. The molecule has 26 heavy (non-hydrogen) atoms. The Kier molecular flexibility index (Phi) is 4.02. The zero-order valence-corrected chi connectivity index (χ0v) is 16.8. The summed E-state index contributed by atoms with van der Waals surface area (Å²) in [7, 11) is 0. The highest BCUT2D eigenvalue weighted by molar-refractivity contribution is 9.10. The lowest BCUT2D eigenvalue weighted by Gasteiger charge is -2.49. The summed E-state index contributed by atoms with van der Waals surface area (Å²) < 4.78 is 7.69. The Morgan fingerprint density at radius 2 is 1.85 bits per heavy atom. The van der Waals surface area contributed by atoms with Crippen LogP contribution in [0.3, 0.4) is 0 Å². The van der Waals surface area contributed by atoms with Crippen LogP contribution in [0.1, 0.15) is 55.7 Å². The largest absolute Gasteiger partial charge is 0.466 e. The molecule has 1 aliphatic carbocycles. The Hall–Kier alpha value is -1.52. The maximum atomic E-state index is 6.61. The average molecular weight is 432 g/mol. The molecule has 0 aromatic heterocycles. The van der Waals surface area contributed by atoms with Gasteiger partial charge in [-0.05, 0) is 48.7 Å². The maximum absolute atomic E-state index is 6.61. The van der Waals surface area contributed by atoms with Crippen LogP contribution in [0.2, 0.25) is 5.02 Å². The fourth-order valence-electron chi connectivity index (χ4n) is 4.50. The van der Waals surface area contributed by atoms with E-state index >= 15 is 0 Å². The highest BCUT2D eigenvalue weighted by Gasteiger charge is 2.50. The molecule has 3 aliphatic rings. The van der Waals surface area contributed by atoms with Crippen LogP contribution in [0.4, 0.5) is 0 Å². The summed E-state index contributed by atoms with van der Waals surface area (Å²) in [6.07, 6.45) is 6.65. The molecule has 2 heterocycles. The summed E-state index contributed by atoms with van der Waals surface area (Å²) in [5.74, 6) is 1.02. The van der Waals surface area contributed by atoms with Gasteiger partial charge in [-0.25, -0.2) is 5.01 Å². The minimum Gasteiger partial charge on any atom is -0.466 e. The van der Waals surface area contributed by atoms with Gasteiger partial charge in [0.25, 0.3) is 0 Å². The summed E-state index contributed by atoms with van der Waals surface area (Å²) >= 11 is 9.68. The summed E-state index contributed by atoms with van der Waals surface area (Å²) in [5.41, 5.74) is 3.19. The molecule has 5 heteroatoms. The minimum absolute atomic E-state index is 0.236. The van der Waals surface area contributed by atoms with E-state index in [9.17, 15) is 0 Å². The average Bonchev–Trinajstić information content (AvgIpc) is 3.11. The number of ether oxygens (including phenoxy) is 1. The molecule has 3 nitrogen and oxygen atoms in total. The molecule has 134 valence electrons. The number of benzene rings is 2. The van der Waals surface area contributed by atoms with E-state index in [1.807, 2.05) is 12.1 Å². The van der Waals surface area contributed by atoms with Gasteiger partial charge in [0, 0.05) is 34.3 Å². The normalized spacial score (nSPS) is 23.2. The molecule has 0 radical (unpaired) electrons. The molecule has 1 spiro atoms. The minimum atomic E-state index is -0.294. The number of hydrogen-bond acceptors (Lipinski definition) is 3. The standard InChI is InChI=1S/C21H20BrClN2O/c22-15-6-9-20-17(12-15)19-13-18(14-4-7-16(23)8-5-14)24-25(19)21(26-20)10-2-1-3-11-21/h4-9,12,19H,1-3,10-11,13H2. The topological polar surface area (TPSA) is 24.8 Å². The molecule has 0 bridgehead atoms. The van der Waals surface area contributed by atoms with E-state index in [0.29, 0.717) is 0 Å². The molecule has 5 rings (SSSR count). The van der Waals surface area contributed by atoms with Gasteiger partial charge in [0.1, 0.15) is 5.75 Å². The third-order valence-electron chi connectivity index (χ3n) is 5.77. The highest BCUT2D eigenvalue weighted by Crippen LogP contribution is 2.51. The van der Waals surface area contributed by atoms with Crippen LogP contribution in [0.25, 0.3) is 0 Å². The lowest BCUT2D eigenvalue weighted by atomic mass is 9.86. The third-order valence-corrected chi connectivity index (χ3v) is 6.52. The second-order valence-corrected chi connectivity index (χ2v) is 8.76. The van der Waals surface area contributed by atoms with Crippen molar-refractivity contribution in [3.8, 4) is 5.75 Å². The smallest absolute Gasteiger partial charge is 0.198 e. The van der Waals surface area contributed by atoms with Crippen molar-refractivity contribution in [2.75, 3.05) is 0 Å². The fraction of sp³-hybridized carbons (Fsp3) is 0.381. The molecular formula is C21H20BrClN2O. The van der Waals surface area contributed by atoms with Crippen molar-refractivity contribution < 1.29 is 4.74 Å². The summed E-state index contributed by atoms with van der Waals surface area (Å²) in [4.78, 5) is 0. The molecule has 1 atom stereocenters. The van der Waals surface area contributed by atoms with E-state index in [1.165, 1.54) is 24.8 Å². The molecular weight excluding hydrogens is 412 g/mol. The van der Waals surface area contributed by atoms with Gasteiger partial charge in [0.05, 0.1) is 11.8 Å². The van der Waals surface area contributed by atoms with Crippen molar-refractivity contribution in [2.24, 2.45) is 5.10 Å². The predicted molar refractivity (Wildman–Crippen MR) is 108 cm³/mol. The van der Waals surface area contributed by atoms with Crippen molar-refractivity contribution >= 4 is 33.2 Å². The van der Waals surface area contributed by atoms with E-state index in [4.69, 9.17) is 21.4 Å². The Balaban J connectivity index is 1.60. The molecule has 1 fully saturated rings. The highest BCUT2D eigenvalue weighted by atomic mass is 79.9.